The van der Waals surface area contributed by atoms with E-state index in [1.165, 1.54) is 0 Å². The molecule has 2 aromatic rings. The minimum absolute atomic E-state index is 0.00322. The number of hydrogen-bond acceptors (Lipinski definition) is 4. The predicted molar refractivity (Wildman–Crippen MR) is 114 cm³/mol. The number of nitrogens with one attached hydrogen (secondary N) is 1. The van der Waals surface area contributed by atoms with E-state index in [-0.39, 0.29) is 18.4 Å². The van der Waals surface area contributed by atoms with Gasteiger partial charge in [-0.3, -0.25) is 14.5 Å². The Labute approximate surface area is 176 Å². The van der Waals surface area contributed by atoms with Gasteiger partial charge in [-0.15, -0.1) is 0 Å². The number of amides is 2. The van der Waals surface area contributed by atoms with E-state index < -0.39 is 6.10 Å². The largest absolute Gasteiger partial charge is 0.481 e. The van der Waals surface area contributed by atoms with Crippen LogP contribution in [0.15, 0.2) is 54.6 Å². The third-order valence-electron chi connectivity index (χ3n) is 4.87. The first-order valence-electron chi connectivity index (χ1n) is 9.84. The van der Waals surface area contributed by atoms with Gasteiger partial charge in [0.25, 0.3) is 5.91 Å². The first-order chi connectivity index (χ1) is 14.1. The highest BCUT2D eigenvalue weighted by Gasteiger charge is 2.28. The number of nitrogens with zero attached hydrogens (tertiary/aromatic N) is 2. The zero-order valence-electron chi connectivity index (χ0n) is 16.5. The molecule has 1 saturated heterocycles. The summed E-state index contributed by atoms with van der Waals surface area (Å²) in [7, 11) is 0. The smallest absolute Gasteiger partial charge is 0.263 e. The van der Waals surface area contributed by atoms with E-state index in [4.69, 9.17) is 16.3 Å². The topological polar surface area (TPSA) is 61.9 Å². The number of para-hydroxylation sites is 2. The fourth-order valence-electron chi connectivity index (χ4n) is 3.26. The monoisotopic (exact) mass is 415 g/mol. The van der Waals surface area contributed by atoms with Crippen molar-refractivity contribution in [3.63, 3.8) is 0 Å². The number of piperazine rings is 1. The van der Waals surface area contributed by atoms with Crippen LogP contribution in [0.3, 0.4) is 0 Å². The summed E-state index contributed by atoms with van der Waals surface area (Å²) >= 11 is 6.08. The highest BCUT2D eigenvalue weighted by Crippen LogP contribution is 2.20. The molecule has 1 atom stereocenters. The lowest BCUT2D eigenvalue weighted by Crippen LogP contribution is -2.53. The standard InChI is InChI=1S/C22H26ClN3O3/c1-2-20(29-17-8-4-3-5-9-17)22(28)26-14-12-25(13-15-26)16-21(27)24-19-11-7-6-10-18(19)23/h3-11,20H,2,12-16H2,1H3,(H,24,27). The average Bonchev–Trinajstić information content (AvgIpc) is 2.74. The normalized spacial score (nSPS) is 15.6. The van der Waals surface area contributed by atoms with Crippen molar-refractivity contribution < 1.29 is 14.3 Å². The Morgan fingerprint density at radius 3 is 2.34 bits per heavy atom. The number of carbonyl (C=O) groups is 2. The second-order valence-corrected chi connectivity index (χ2v) is 7.36. The molecule has 1 N–H and O–H groups in total. The van der Waals surface area contributed by atoms with Crippen LogP contribution >= 0.6 is 11.6 Å². The molecule has 1 aliphatic heterocycles. The lowest BCUT2D eigenvalue weighted by Gasteiger charge is -2.35. The molecule has 6 nitrogen and oxygen atoms in total. The third kappa shape index (κ3) is 5.95. The van der Waals surface area contributed by atoms with Gasteiger partial charge in [-0.25, -0.2) is 0 Å². The first-order valence-corrected chi connectivity index (χ1v) is 10.2. The van der Waals surface area contributed by atoms with E-state index in [2.05, 4.69) is 5.32 Å². The van der Waals surface area contributed by atoms with Gasteiger partial charge in [0.15, 0.2) is 6.10 Å². The molecule has 3 rings (SSSR count). The quantitative estimate of drug-likeness (QED) is 0.753. The molecule has 29 heavy (non-hydrogen) atoms. The van der Waals surface area contributed by atoms with Crippen LogP contribution in [0.25, 0.3) is 0 Å². The molecule has 0 aliphatic carbocycles. The number of hydrogen-bond donors (Lipinski definition) is 1. The lowest BCUT2D eigenvalue weighted by molar-refractivity contribution is -0.140. The minimum Gasteiger partial charge on any atom is -0.481 e. The summed E-state index contributed by atoms with van der Waals surface area (Å²) in [6, 6.07) is 16.6. The molecule has 0 radical (unpaired) electrons. The van der Waals surface area contributed by atoms with Gasteiger partial charge in [0.1, 0.15) is 5.75 Å². The molecule has 2 amide bonds. The third-order valence-corrected chi connectivity index (χ3v) is 5.20. The fraction of sp³-hybridized carbons (Fsp3) is 0.364. The maximum atomic E-state index is 12.8. The summed E-state index contributed by atoms with van der Waals surface area (Å²) in [4.78, 5) is 29.0. The number of anilines is 1. The molecule has 1 heterocycles. The van der Waals surface area contributed by atoms with Crippen LogP contribution in [0.4, 0.5) is 5.69 Å². The zero-order valence-corrected chi connectivity index (χ0v) is 17.3. The van der Waals surface area contributed by atoms with E-state index in [0.717, 1.165) is 0 Å². The van der Waals surface area contributed by atoms with E-state index in [0.29, 0.717) is 49.1 Å². The summed E-state index contributed by atoms with van der Waals surface area (Å²) in [5, 5.41) is 3.35. The van der Waals surface area contributed by atoms with Crippen LogP contribution in [0, 0.1) is 0 Å². The van der Waals surface area contributed by atoms with Gasteiger partial charge in [-0.2, -0.15) is 0 Å². The van der Waals surface area contributed by atoms with Crippen molar-refractivity contribution in [2.75, 3.05) is 38.0 Å². The van der Waals surface area contributed by atoms with Crippen LogP contribution < -0.4 is 10.1 Å². The molecule has 154 valence electrons. The van der Waals surface area contributed by atoms with Gasteiger partial charge in [0, 0.05) is 26.2 Å². The summed E-state index contributed by atoms with van der Waals surface area (Å²) in [5.41, 5.74) is 0.608. The van der Waals surface area contributed by atoms with Crippen LogP contribution in [-0.4, -0.2) is 60.4 Å². The Balaban J connectivity index is 1.47. The van der Waals surface area contributed by atoms with Gasteiger partial charge in [-0.1, -0.05) is 48.9 Å². The van der Waals surface area contributed by atoms with Crippen molar-refractivity contribution in [1.29, 1.82) is 0 Å². The lowest BCUT2D eigenvalue weighted by atomic mass is 10.2. The summed E-state index contributed by atoms with van der Waals surface area (Å²) in [6.45, 7) is 4.65. The maximum absolute atomic E-state index is 12.8. The number of halogens is 1. The number of carbonyl (C=O) groups excluding carboxylic acids is 2. The number of ether oxygens (including phenoxy) is 1. The first kappa shape index (κ1) is 21.1. The van der Waals surface area contributed by atoms with E-state index in [9.17, 15) is 9.59 Å². The predicted octanol–water partition coefficient (Wildman–Crippen LogP) is 3.28. The van der Waals surface area contributed by atoms with Crippen molar-refractivity contribution in [3.8, 4) is 5.75 Å². The molecule has 1 unspecified atom stereocenters. The second-order valence-electron chi connectivity index (χ2n) is 6.96. The van der Waals surface area contributed by atoms with Gasteiger partial charge < -0.3 is 15.0 Å². The average molecular weight is 416 g/mol. The van der Waals surface area contributed by atoms with Crippen LogP contribution in [0.1, 0.15) is 13.3 Å². The summed E-state index contributed by atoms with van der Waals surface area (Å²) in [5.74, 6) is 0.579. The molecule has 0 spiro atoms. The maximum Gasteiger partial charge on any atom is 0.263 e. The van der Waals surface area contributed by atoms with Crippen LogP contribution in [-0.2, 0) is 9.59 Å². The molecule has 1 aliphatic rings. The summed E-state index contributed by atoms with van der Waals surface area (Å²) in [6.07, 6.45) is 0.112. The molecule has 0 bridgehead atoms. The second kappa shape index (κ2) is 10.3. The Morgan fingerprint density at radius 1 is 1.03 bits per heavy atom. The minimum atomic E-state index is -0.493. The van der Waals surface area contributed by atoms with Crippen LogP contribution in [0.5, 0.6) is 5.75 Å². The van der Waals surface area contributed by atoms with Gasteiger partial charge in [0.2, 0.25) is 5.91 Å². The van der Waals surface area contributed by atoms with Crippen molar-refractivity contribution in [3.05, 3.63) is 59.6 Å². The van der Waals surface area contributed by atoms with Crippen LogP contribution in [0.2, 0.25) is 5.02 Å². The Hall–Kier alpha value is -2.57. The van der Waals surface area contributed by atoms with Gasteiger partial charge in [-0.05, 0) is 30.7 Å². The highest BCUT2D eigenvalue weighted by atomic mass is 35.5. The van der Waals surface area contributed by atoms with E-state index in [1.807, 2.05) is 59.2 Å². The Kier molecular flexibility index (Phi) is 7.49. The fourth-order valence-corrected chi connectivity index (χ4v) is 3.44. The van der Waals surface area contributed by atoms with E-state index >= 15 is 0 Å². The molecule has 7 heteroatoms. The summed E-state index contributed by atoms with van der Waals surface area (Å²) < 4.78 is 5.87. The molecular weight excluding hydrogens is 390 g/mol. The van der Waals surface area contributed by atoms with Gasteiger partial charge >= 0.3 is 0 Å². The Morgan fingerprint density at radius 2 is 1.69 bits per heavy atom. The molecule has 2 aromatic carbocycles. The van der Waals surface area contributed by atoms with Crippen molar-refractivity contribution in [2.45, 2.75) is 19.4 Å². The van der Waals surface area contributed by atoms with Crippen molar-refractivity contribution in [2.24, 2.45) is 0 Å². The number of benzene rings is 2. The van der Waals surface area contributed by atoms with Gasteiger partial charge in [0.05, 0.1) is 17.3 Å². The van der Waals surface area contributed by atoms with Crippen molar-refractivity contribution in [1.82, 2.24) is 9.80 Å². The molecule has 0 aromatic heterocycles. The molecular formula is C22H26ClN3O3. The molecule has 0 saturated carbocycles. The zero-order chi connectivity index (χ0) is 20.6. The highest BCUT2D eigenvalue weighted by molar-refractivity contribution is 6.33. The van der Waals surface area contributed by atoms with Crippen molar-refractivity contribution >= 4 is 29.1 Å². The number of rotatable bonds is 7. The van der Waals surface area contributed by atoms with E-state index in [1.54, 1.807) is 12.1 Å². The molecule has 1 fully saturated rings. The SMILES string of the molecule is CCC(Oc1ccccc1)C(=O)N1CCN(CC(=O)Nc2ccccc2Cl)CC1. The Bertz CT molecular complexity index is 823.